The van der Waals surface area contributed by atoms with Gasteiger partial charge in [-0.25, -0.2) is 4.79 Å². The van der Waals surface area contributed by atoms with Crippen molar-refractivity contribution in [2.45, 2.75) is 20.0 Å². The summed E-state index contributed by atoms with van der Waals surface area (Å²) < 4.78 is 20.4. The summed E-state index contributed by atoms with van der Waals surface area (Å²) >= 11 is 6.07. The van der Waals surface area contributed by atoms with Crippen LogP contribution in [0.1, 0.15) is 18.2 Å². The van der Waals surface area contributed by atoms with Crippen LogP contribution in [0.15, 0.2) is 28.8 Å². The van der Waals surface area contributed by atoms with Crippen molar-refractivity contribution >= 4 is 35.4 Å². The topological polar surface area (TPSA) is 99.9 Å². The average molecular weight is 379 g/mol. The number of ether oxygens (including phenoxy) is 3. The van der Waals surface area contributed by atoms with Gasteiger partial charge in [0.2, 0.25) is 6.79 Å². The Hall–Kier alpha value is -3.00. The Balaban J connectivity index is 1.57. The van der Waals surface area contributed by atoms with Crippen molar-refractivity contribution in [2.75, 3.05) is 12.1 Å². The second-order valence-corrected chi connectivity index (χ2v) is 5.87. The maximum Gasteiger partial charge on any atom is 0.331 e. The van der Waals surface area contributed by atoms with E-state index in [9.17, 15) is 9.59 Å². The maximum absolute atomic E-state index is 12.0. The molecular weight excluding hydrogens is 364 g/mol. The number of carbonyl (C=O) groups is 2. The molecule has 0 saturated heterocycles. The third kappa shape index (κ3) is 4.15. The Morgan fingerprint density at radius 1 is 1.35 bits per heavy atom. The highest BCUT2D eigenvalue weighted by molar-refractivity contribution is 6.32. The van der Waals surface area contributed by atoms with E-state index in [-0.39, 0.29) is 12.6 Å². The van der Waals surface area contributed by atoms with Crippen LogP contribution in [0.5, 0.6) is 11.5 Å². The molecule has 1 atom stereocenters. The molecule has 0 saturated carbocycles. The zero-order valence-corrected chi connectivity index (χ0v) is 14.7. The molecule has 8 nitrogen and oxygen atoms in total. The van der Waals surface area contributed by atoms with Gasteiger partial charge in [0, 0.05) is 12.1 Å². The van der Waals surface area contributed by atoms with Gasteiger partial charge in [-0.2, -0.15) is 0 Å². The normalized spacial score (nSPS) is 13.7. The summed E-state index contributed by atoms with van der Waals surface area (Å²) in [5.74, 6) is 0.570. The van der Waals surface area contributed by atoms with E-state index in [1.807, 2.05) is 0 Å². The van der Waals surface area contributed by atoms with Gasteiger partial charge in [0.1, 0.15) is 5.76 Å². The second-order valence-electron chi connectivity index (χ2n) is 5.46. The van der Waals surface area contributed by atoms with Gasteiger partial charge in [0.15, 0.2) is 23.4 Å². The molecule has 0 aliphatic carbocycles. The Labute approximate surface area is 153 Å². The molecule has 136 valence electrons. The molecule has 3 rings (SSSR count). The highest BCUT2D eigenvalue weighted by Crippen LogP contribution is 2.40. The Bertz CT molecular complexity index is 876. The van der Waals surface area contributed by atoms with Crippen molar-refractivity contribution in [1.82, 2.24) is 5.16 Å². The minimum absolute atomic E-state index is 0.0991. The molecule has 2 heterocycles. The number of hydrogen-bond donors (Lipinski definition) is 1. The number of anilines is 1. The third-order valence-electron chi connectivity index (χ3n) is 3.40. The number of hydrogen-bond acceptors (Lipinski definition) is 7. The molecular formula is C17H15ClN2O6. The molecule has 1 aliphatic heterocycles. The summed E-state index contributed by atoms with van der Waals surface area (Å²) in [5, 5.41) is 6.50. The predicted octanol–water partition coefficient (Wildman–Crippen LogP) is 2.95. The first-order valence-corrected chi connectivity index (χ1v) is 8.02. The average Bonchev–Trinajstić information content (AvgIpc) is 3.22. The summed E-state index contributed by atoms with van der Waals surface area (Å²) in [6, 6.07) is 4.86. The second kappa shape index (κ2) is 7.49. The van der Waals surface area contributed by atoms with E-state index in [0.717, 1.165) is 0 Å². The fourth-order valence-electron chi connectivity index (χ4n) is 2.17. The van der Waals surface area contributed by atoms with E-state index in [2.05, 4.69) is 10.5 Å². The van der Waals surface area contributed by atoms with Crippen LogP contribution in [0, 0.1) is 6.92 Å². The van der Waals surface area contributed by atoms with Crippen LogP contribution in [-0.4, -0.2) is 29.9 Å². The van der Waals surface area contributed by atoms with E-state index in [0.29, 0.717) is 27.8 Å². The molecule has 0 radical (unpaired) electrons. The Morgan fingerprint density at radius 3 is 2.88 bits per heavy atom. The van der Waals surface area contributed by atoms with Gasteiger partial charge < -0.3 is 24.1 Å². The highest BCUT2D eigenvalue weighted by atomic mass is 35.5. The van der Waals surface area contributed by atoms with Crippen molar-refractivity contribution in [3.63, 3.8) is 0 Å². The first-order chi connectivity index (χ1) is 12.4. The largest absolute Gasteiger partial charge is 0.454 e. The fraction of sp³-hybridized carbons (Fsp3) is 0.235. The molecule has 1 aromatic heterocycles. The van der Waals surface area contributed by atoms with E-state index < -0.39 is 18.0 Å². The standard InChI is InChI=1S/C17H15ClN2O6/c1-9-5-14(20-26-9)19-17(22)10(2)25-15(21)4-3-11-6-12(18)16-13(7-11)23-8-24-16/h3-7,10H,8H2,1-2H3,(H,19,20,22)/b4-3+/t10-/m1/s1. The molecule has 1 aromatic carbocycles. The molecule has 9 heteroatoms. The van der Waals surface area contributed by atoms with Crippen LogP contribution >= 0.6 is 11.6 Å². The lowest BCUT2D eigenvalue weighted by Crippen LogP contribution is -2.29. The number of carbonyl (C=O) groups excluding carboxylic acids is 2. The van der Waals surface area contributed by atoms with Gasteiger partial charge in [-0.3, -0.25) is 4.79 Å². The number of halogens is 1. The monoisotopic (exact) mass is 378 g/mol. The molecule has 2 aromatic rings. The van der Waals surface area contributed by atoms with Crippen molar-refractivity contribution < 1.29 is 28.3 Å². The summed E-state index contributed by atoms with van der Waals surface area (Å²) in [6.45, 7) is 3.24. The summed E-state index contributed by atoms with van der Waals surface area (Å²) in [7, 11) is 0. The lowest BCUT2D eigenvalue weighted by Gasteiger charge is -2.10. The van der Waals surface area contributed by atoms with E-state index in [1.54, 1.807) is 25.1 Å². The molecule has 0 fully saturated rings. The van der Waals surface area contributed by atoms with Crippen molar-refractivity contribution in [2.24, 2.45) is 0 Å². The zero-order valence-electron chi connectivity index (χ0n) is 13.9. The maximum atomic E-state index is 12.0. The van der Waals surface area contributed by atoms with Gasteiger partial charge >= 0.3 is 5.97 Å². The van der Waals surface area contributed by atoms with Crippen LogP contribution in [0.25, 0.3) is 6.08 Å². The summed E-state index contributed by atoms with van der Waals surface area (Å²) in [4.78, 5) is 23.9. The van der Waals surface area contributed by atoms with Gasteiger partial charge in [0.25, 0.3) is 5.91 Å². The number of aromatic nitrogens is 1. The molecule has 1 N–H and O–H groups in total. The number of fused-ring (bicyclic) bond motifs is 1. The summed E-state index contributed by atoms with van der Waals surface area (Å²) in [5.41, 5.74) is 0.631. The number of rotatable bonds is 5. The van der Waals surface area contributed by atoms with Gasteiger partial charge in [-0.05, 0) is 37.6 Å². The highest BCUT2D eigenvalue weighted by Gasteiger charge is 2.19. The van der Waals surface area contributed by atoms with Crippen molar-refractivity contribution in [3.05, 3.63) is 40.6 Å². The van der Waals surface area contributed by atoms with Crippen LogP contribution in [0.2, 0.25) is 5.02 Å². The molecule has 1 aliphatic rings. The SMILES string of the molecule is Cc1cc(NC(=O)[C@@H](C)OC(=O)/C=C/c2cc(Cl)c3c(c2)OCO3)no1. The zero-order chi connectivity index (χ0) is 18.7. The molecule has 0 spiro atoms. The first-order valence-electron chi connectivity index (χ1n) is 7.64. The smallest absolute Gasteiger partial charge is 0.331 e. The third-order valence-corrected chi connectivity index (χ3v) is 3.68. The van der Waals surface area contributed by atoms with Gasteiger partial charge in [-0.15, -0.1) is 0 Å². The van der Waals surface area contributed by atoms with Crippen molar-refractivity contribution in [1.29, 1.82) is 0 Å². The predicted molar refractivity (Wildman–Crippen MR) is 92.0 cm³/mol. The van der Waals surface area contributed by atoms with Gasteiger partial charge in [0.05, 0.1) is 5.02 Å². The molecule has 0 bridgehead atoms. The molecule has 0 unspecified atom stereocenters. The number of benzene rings is 1. The minimum atomic E-state index is -1.01. The first kappa shape index (κ1) is 17.8. The van der Waals surface area contributed by atoms with Crippen LogP contribution in [0.3, 0.4) is 0 Å². The number of esters is 1. The van der Waals surface area contributed by atoms with E-state index in [4.69, 9.17) is 30.3 Å². The molecule has 26 heavy (non-hydrogen) atoms. The van der Waals surface area contributed by atoms with Crippen LogP contribution in [0.4, 0.5) is 5.82 Å². The Morgan fingerprint density at radius 2 is 2.15 bits per heavy atom. The number of nitrogens with one attached hydrogen (secondary N) is 1. The molecule has 1 amide bonds. The minimum Gasteiger partial charge on any atom is -0.454 e. The van der Waals surface area contributed by atoms with Crippen LogP contribution in [-0.2, 0) is 14.3 Å². The van der Waals surface area contributed by atoms with E-state index >= 15 is 0 Å². The lowest BCUT2D eigenvalue weighted by atomic mass is 10.2. The Kier molecular flexibility index (Phi) is 5.13. The summed E-state index contributed by atoms with van der Waals surface area (Å²) in [6.07, 6.45) is 1.68. The number of aryl methyl sites for hydroxylation is 1. The number of nitrogens with zero attached hydrogens (tertiary/aromatic N) is 1. The fourth-order valence-corrected chi connectivity index (χ4v) is 2.44. The van der Waals surface area contributed by atoms with Crippen LogP contribution < -0.4 is 14.8 Å². The van der Waals surface area contributed by atoms with Crippen molar-refractivity contribution in [3.8, 4) is 11.5 Å². The van der Waals surface area contributed by atoms with E-state index in [1.165, 1.54) is 19.1 Å². The lowest BCUT2D eigenvalue weighted by molar-refractivity contribution is -0.148. The van der Waals surface area contributed by atoms with Gasteiger partial charge in [-0.1, -0.05) is 16.8 Å². The number of amides is 1. The quantitative estimate of drug-likeness (QED) is 0.630.